The average molecular weight is 320 g/mol. The molecule has 0 unspecified atom stereocenters. The monoisotopic (exact) mass is 318 g/mol. The number of fused-ring (bicyclic) bond motifs is 1. The minimum absolute atomic E-state index is 0.423. The predicted octanol–water partition coefficient (Wildman–Crippen LogP) is 4.71. The van der Waals surface area contributed by atoms with Crippen LogP contribution in [0.3, 0.4) is 0 Å². The van der Waals surface area contributed by atoms with Gasteiger partial charge in [0, 0.05) is 10.0 Å². The van der Waals surface area contributed by atoms with Crippen molar-refractivity contribution in [2.45, 2.75) is 0 Å². The molecule has 3 aromatic rings. The molecule has 88 valence electrons. The van der Waals surface area contributed by atoms with Crippen molar-refractivity contribution in [2.24, 2.45) is 0 Å². The van der Waals surface area contributed by atoms with E-state index in [0.717, 1.165) is 21.1 Å². The highest BCUT2D eigenvalue weighted by Gasteiger charge is 2.09. The van der Waals surface area contributed by atoms with Crippen LogP contribution in [-0.4, -0.2) is 9.97 Å². The second-order valence-corrected chi connectivity index (χ2v) is 5.14. The Morgan fingerprint density at radius 1 is 0.889 bits per heavy atom. The molecule has 3 rings (SSSR count). The topological polar surface area (TPSA) is 25.8 Å². The number of rotatable bonds is 1. The third kappa shape index (κ3) is 2.11. The Balaban J connectivity index is 2.26. The molecule has 2 nitrogen and oxygen atoms in total. The Kier molecular flexibility index (Phi) is 3.02. The number of halogens is 2. The van der Waals surface area contributed by atoms with Crippen molar-refractivity contribution in [3.05, 3.63) is 58.2 Å². The lowest BCUT2D eigenvalue weighted by atomic mass is 10.1. The molecule has 4 heteroatoms. The minimum atomic E-state index is 0.423. The molecular weight excluding hydrogens is 312 g/mol. The van der Waals surface area contributed by atoms with E-state index in [9.17, 15) is 0 Å². The van der Waals surface area contributed by atoms with Crippen LogP contribution in [0.25, 0.3) is 22.3 Å². The van der Waals surface area contributed by atoms with Crippen molar-refractivity contribution in [3.63, 3.8) is 0 Å². The van der Waals surface area contributed by atoms with E-state index >= 15 is 0 Å². The number of para-hydroxylation sites is 2. The molecule has 0 N–H and O–H groups in total. The summed E-state index contributed by atoms with van der Waals surface area (Å²) in [6.07, 6.45) is 0. The van der Waals surface area contributed by atoms with Gasteiger partial charge in [0.1, 0.15) is 5.69 Å². The Hall–Kier alpha value is -1.45. The number of aromatic nitrogens is 2. The van der Waals surface area contributed by atoms with Gasteiger partial charge in [-0.15, -0.1) is 0 Å². The Labute approximate surface area is 118 Å². The van der Waals surface area contributed by atoms with Crippen molar-refractivity contribution in [1.29, 1.82) is 0 Å². The summed E-state index contributed by atoms with van der Waals surface area (Å²) < 4.78 is 0.992. The minimum Gasteiger partial charge on any atom is -0.243 e. The molecule has 0 amide bonds. The number of hydrogen-bond acceptors (Lipinski definition) is 2. The van der Waals surface area contributed by atoms with Crippen LogP contribution in [0.15, 0.2) is 53.0 Å². The van der Waals surface area contributed by atoms with Crippen molar-refractivity contribution in [1.82, 2.24) is 9.97 Å². The van der Waals surface area contributed by atoms with Crippen LogP contribution in [0.2, 0.25) is 5.15 Å². The maximum atomic E-state index is 6.20. The van der Waals surface area contributed by atoms with E-state index in [-0.39, 0.29) is 0 Å². The first-order valence-electron chi connectivity index (χ1n) is 5.42. The van der Waals surface area contributed by atoms with Gasteiger partial charge in [0.2, 0.25) is 0 Å². The first kappa shape index (κ1) is 11.6. The molecule has 0 saturated carbocycles. The van der Waals surface area contributed by atoms with E-state index in [4.69, 9.17) is 11.6 Å². The molecule has 0 spiro atoms. The zero-order valence-electron chi connectivity index (χ0n) is 9.27. The molecule has 0 radical (unpaired) electrons. The predicted molar refractivity (Wildman–Crippen MR) is 77.7 cm³/mol. The van der Waals surface area contributed by atoms with E-state index in [1.165, 1.54) is 0 Å². The summed E-state index contributed by atoms with van der Waals surface area (Å²) in [7, 11) is 0. The third-order valence-corrected chi connectivity index (χ3v) is 3.38. The quantitative estimate of drug-likeness (QED) is 0.649. The van der Waals surface area contributed by atoms with Crippen molar-refractivity contribution >= 4 is 38.6 Å². The normalized spacial score (nSPS) is 10.8. The van der Waals surface area contributed by atoms with Crippen molar-refractivity contribution < 1.29 is 0 Å². The van der Waals surface area contributed by atoms with Gasteiger partial charge in [-0.05, 0) is 24.3 Å². The van der Waals surface area contributed by atoms with Gasteiger partial charge in [-0.1, -0.05) is 51.8 Å². The standard InChI is InChI=1S/C14H8BrClN2/c15-10-5-3-4-9(8-10)13-14(16)18-12-7-2-1-6-11(12)17-13/h1-8H. The van der Waals surface area contributed by atoms with Crippen LogP contribution in [0.4, 0.5) is 0 Å². The second-order valence-electron chi connectivity index (χ2n) is 3.86. The van der Waals surface area contributed by atoms with Gasteiger partial charge in [0.05, 0.1) is 11.0 Å². The summed E-state index contributed by atoms with van der Waals surface area (Å²) in [6, 6.07) is 15.6. The van der Waals surface area contributed by atoms with Crippen LogP contribution in [0.5, 0.6) is 0 Å². The lowest BCUT2D eigenvalue weighted by Gasteiger charge is -2.05. The molecule has 0 fully saturated rings. The molecule has 1 aromatic heterocycles. The van der Waals surface area contributed by atoms with Gasteiger partial charge in [-0.3, -0.25) is 0 Å². The summed E-state index contributed by atoms with van der Waals surface area (Å²) in [5.41, 5.74) is 3.31. The smallest absolute Gasteiger partial charge is 0.156 e. The average Bonchev–Trinajstić information content (AvgIpc) is 2.38. The van der Waals surface area contributed by atoms with Gasteiger partial charge < -0.3 is 0 Å². The number of nitrogens with zero attached hydrogens (tertiary/aromatic N) is 2. The summed E-state index contributed by atoms with van der Waals surface area (Å²) in [4.78, 5) is 8.94. The first-order chi connectivity index (χ1) is 8.74. The fraction of sp³-hybridized carbons (Fsp3) is 0. The lowest BCUT2D eigenvalue weighted by molar-refractivity contribution is 1.29. The van der Waals surface area contributed by atoms with Gasteiger partial charge in [-0.2, -0.15) is 0 Å². The lowest BCUT2D eigenvalue weighted by Crippen LogP contribution is -1.91. The molecule has 0 saturated heterocycles. The summed E-state index contributed by atoms with van der Waals surface area (Å²) in [5.74, 6) is 0. The van der Waals surface area contributed by atoms with Crippen molar-refractivity contribution in [3.8, 4) is 11.3 Å². The largest absolute Gasteiger partial charge is 0.243 e. The molecular formula is C14H8BrClN2. The first-order valence-corrected chi connectivity index (χ1v) is 6.59. The highest BCUT2D eigenvalue weighted by molar-refractivity contribution is 9.10. The number of benzene rings is 2. The fourth-order valence-electron chi connectivity index (χ4n) is 1.80. The zero-order chi connectivity index (χ0) is 12.5. The third-order valence-electron chi connectivity index (χ3n) is 2.63. The highest BCUT2D eigenvalue weighted by atomic mass is 79.9. The van der Waals surface area contributed by atoms with Crippen LogP contribution in [0.1, 0.15) is 0 Å². The molecule has 0 aliphatic rings. The van der Waals surface area contributed by atoms with Gasteiger partial charge in [0.15, 0.2) is 5.15 Å². The SMILES string of the molecule is Clc1nc2ccccc2nc1-c1cccc(Br)c1. The molecule has 0 aliphatic carbocycles. The van der Waals surface area contributed by atoms with Crippen LogP contribution in [-0.2, 0) is 0 Å². The van der Waals surface area contributed by atoms with Crippen LogP contribution in [0, 0.1) is 0 Å². The van der Waals surface area contributed by atoms with E-state index < -0.39 is 0 Å². The van der Waals surface area contributed by atoms with E-state index in [2.05, 4.69) is 25.9 Å². The maximum Gasteiger partial charge on any atom is 0.156 e. The fourth-order valence-corrected chi connectivity index (χ4v) is 2.44. The van der Waals surface area contributed by atoms with Gasteiger partial charge in [0.25, 0.3) is 0 Å². The number of hydrogen-bond donors (Lipinski definition) is 0. The van der Waals surface area contributed by atoms with E-state index in [0.29, 0.717) is 10.8 Å². The molecule has 0 atom stereocenters. The highest BCUT2D eigenvalue weighted by Crippen LogP contribution is 2.28. The zero-order valence-corrected chi connectivity index (χ0v) is 11.6. The second kappa shape index (κ2) is 4.67. The Morgan fingerprint density at radius 3 is 2.33 bits per heavy atom. The summed E-state index contributed by atoms with van der Waals surface area (Å²) in [6.45, 7) is 0. The molecule has 0 bridgehead atoms. The molecule has 2 aromatic carbocycles. The Bertz CT molecular complexity index is 728. The molecule has 0 aliphatic heterocycles. The van der Waals surface area contributed by atoms with Crippen LogP contribution >= 0.6 is 27.5 Å². The van der Waals surface area contributed by atoms with Gasteiger partial charge in [-0.25, -0.2) is 9.97 Å². The van der Waals surface area contributed by atoms with Gasteiger partial charge >= 0.3 is 0 Å². The van der Waals surface area contributed by atoms with Crippen LogP contribution < -0.4 is 0 Å². The summed E-state index contributed by atoms with van der Waals surface area (Å²) >= 11 is 9.64. The molecule has 1 heterocycles. The summed E-state index contributed by atoms with van der Waals surface area (Å²) in [5, 5.41) is 0.423. The van der Waals surface area contributed by atoms with E-state index in [1.807, 2.05) is 48.5 Å². The Morgan fingerprint density at radius 2 is 1.61 bits per heavy atom. The maximum absolute atomic E-state index is 6.20. The van der Waals surface area contributed by atoms with Crippen molar-refractivity contribution in [2.75, 3.05) is 0 Å². The molecule has 18 heavy (non-hydrogen) atoms. The van der Waals surface area contributed by atoms with E-state index in [1.54, 1.807) is 0 Å².